The predicted octanol–water partition coefficient (Wildman–Crippen LogP) is 3.16. The Morgan fingerprint density at radius 1 is 1.40 bits per heavy atom. The first-order valence-electron chi connectivity index (χ1n) is 4.98. The van der Waals surface area contributed by atoms with Gasteiger partial charge in [-0.25, -0.2) is 0 Å². The number of pyridine rings is 1. The van der Waals surface area contributed by atoms with Crippen molar-refractivity contribution in [3.8, 4) is 0 Å². The molecule has 0 bridgehead atoms. The van der Waals surface area contributed by atoms with Gasteiger partial charge in [-0.2, -0.15) is 0 Å². The fourth-order valence-corrected chi connectivity index (χ4v) is 1.49. The van der Waals surface area contributed by atoms with Gasteiger partial charge in [0.15, 0.2) is 0 Å². The number of hydrogen-bond donors (Lipinski definition) is 1. The molecule has 2 aromatic heterocycles. The molecule has 0 aliphatic carbocycles. The lowest BCUT2D eigenvalue weighted by Gasteiger charge is -2.12. The zero-order valence-electron chi connectivity index (χ0n) is 8.90. The summed E-state index contributed by atoms with van der Waals surface area (Å²) in [6, 6.07) is 7.99. The van der Waals surface area contributed by atoms with Gasteiger partial charge in [0.25, 0.3) is 0 Å². The van der Waals surface area contributed by atoms with Crippen LogP contribution >= 0.6 is 0 Å². The third kappa shape index (κ3) is 2.37. The Bertz CT molecular complexity index is 423. The minimum Gasteiger partial charge on any atom is -0.467 e. The molecule has 3 nitrogen and oxygen atoms in total. The second-order valence-electron chi connectivity index (χ2n) is 3.57. The maximum Gasteiger partial charge on any atom is 0.125 e. The first-order chi connectivity index (χ1) is 7.25. The smallest absolute Gasteiger partial charge is 0.125 e. The number of anilines is 1. The standard InChI is InChI=1S/C12H14N2O/c1-9-8-11(5-6-13-9)14-10(2)12-4-3-7-15-12/h3-8,10H,1-2H3,(H,13,14). The van der Waals surface area contributed by atoms with Crippen molar-refractivity contribution in [1.29, 1.82) is 0 Å². The first kappa shape index (κ1) is 9.77. The van der Waals surface area contributed by atoms with E-state index in [2.05, 4.69) is 17.2 Å². The molecule has 0 aromatic carbocycles. The highest BCUT2D eigenvalue weighted by Gasteiger charge is 2.07. The van der Waals surface area contributed by atoms with E-state index in [9.17, 15) is 0 Å². The van der Waals surface area contributed by atoms with Crippen LogP contribution in [0, 0.1) is 6.92 Å². The highest BCUT2D eigenvalue weighted by atomic mass is 16.3. The van der Waals surface area contributed by atoms with Gasteiger partial charge in [-0.05, 0) is 38.1 Å². The molecule has 0 amide bonds. The van der Waals surface area contributed by atoms with E-state index in [1.807, 2.05) is 31.2 Å². The summed E-state index contributed by atoms with van der Waals surface area (Å²) in [5.41, 5.74) is 2.07. The minimum absolute atomic E-state index is 0.168. The van der Waals surface area contributed by atoms with Crippen LogP contribution in [-0.2, 0) is 0 Å². The van der Waals surface area contributed by atoms with Crippen molar-refractivity contribution >= 4 is 5.69 Å². The van der Waals surface area contributed by atoms with Crippen molar-refractivity contribution in [2.24, 2.45) is 0 Å². The van der Waals surface area contributed by atoms with Crippen molar-refractivity contribution in [3.05, 3.63) is 48.2 Å². The first-order valence-corrected chi connectivity index (χ1v) is 4.98. The molecule has 0 aliphatic heterocycles. The molecule has 15 heavy (non-hydrogen) atoms. The van der Waals surface area contributed by atoms with E-state index in [1.54, 1.807) is 12.5 Å². The Balaban J connectivity index is 2.09. The molecule has 2 aromatic rings. The van der Waals surface area contributed by atoms with Gasteiger partial charge < -0.3 is 9.73 Å². The SMILES string of the molecule is Cc1cc(NC(C)c2ccco2)ccn1. The second kappa shape index (κ2) is 4.17. The van der Waals surface area contributed by atoms with Crippen LogP contribution in [0.1, 0.15) is 24.4 Å². The average molecular weight is 202 g/mol. The van der Waals surface area contributed by atoms with Crippen molar-refractivity contribution in [2.75, 3.05) is 5.32 Å². The van der Waals surface area contributed by atoms with Gasteiger partial charge in [0.2, 0.25) is 0 Å². The molecular weight excluding hydrogens is 188 g/mol. The summed E-state index contributed by atoms with van der Waals surface area (Å²) in [7, 11) is 0. The molecule has 0 spiro atoms. The Kier molecular flexibility index (Phi) is 2.72. The number of nitrogens with zero attached hydrogens (tertiary/aromatic N) is 1. The van der Waals surface area contributed by atoms with Crippen molar-refractivity contribution in [2.45, 2.75) is 19.9 Å². The van der Waals surface area contributed by atoms with Gasteiger partial charge in [0, 0.05) is 17.6 Å². The summed E-state index contributed by atoms with van der Waals surface area (Å²) in [4.78, 5) is 4.15. The van der Waals surface area contributed by atoms with Gasteiger partial charge in [-0.1, -0.05) is 0 Å². The topological polar surface area (TPSA) is 38.1 Å². The number of nitrogens with one attached hydrogen (secondary N) is 1. The van der Waals surface area contributed by atoms with Crippen molar-refractivity contribution in [1.82, 2.24) is 4.98 Å². The highest BCUT2D eigenvalue weighted by molar-refractivity contribution is 5.44. The zero-order chi connectivity index (χ0) is 10.7. The fraction of sp³-hybridized carbons (Fsp3) is 0.250. The molecule has 1 unspecified atom stereocenters. The van der Waals surface area contributed by atoms with Crippen LogP contribution in [0.4, 0.5) is 5.69 Å². The maximum atomic E-state index is 5.32. The Hall–Kier alpha value is -1.77. The summed E-state index contributed by atoms with van der Waals surface area (Å²) in [6.45, 7) is 4.04. The Morgan fingerprint density at radius 3 is 2.93 bits per heavy atom. The molecule has 3 heteroatoms. The summed E-state index contributed by atoms with van der Waals surface area (Å²) >= 11 is 0. The molecule has 1 N–H and O–H groups in total. The van der Waals surface area contributed by atoms with E-state index >= 15 is 0 Å². The molecule has 0 aliphatic rings. The quantitative estimate of drug-likeness (QED) is 0.830. The number of aromatic nitrogens is 1. The van der Waals surface area contributed by atoms with E-state index in [4.69, 9.17) is 4.42 Å². The lowest BCUT2D eigenvalue weighted by Crippen LogP contribution is -2.05. The van der Waals surface area contributed by atoms with Gasteiger partial charge in [-0.3, -0.25) is 4.98 Å². The highest BCUT2D eigenvalue weighted by Crippen LogP contribution is 2.19. The van der Waals surface area contributed by atoms with Crippen LogP contribution in [-0.4, -0.2) is 4.98 Å². The van der Waals surface area contributed by atoms with Crippen LogP contribution in [0.15, 0.2) is 41.1 Å². The zero-order valence-corrected chi connectivity index (χ0v) is 8.90. The van der Waals surface area contributed by atoms with Gasteiger partial charge in [-0.15, -0.1) is 0 Å². The third-order valence-electron chi connectivity index (χ3n) is 2.25. The molecule has 0 radical (unpaired) electrons. The normalized spacial score (nSPS) is 12.4. The van der Waals surface area contributed by atoms with E-state index in [1.165, 1.54) is 0 Å². The van der Waals surface area contributed by atoms with Crippen LogP contribution in [0.5, 0.6) is 0 Å². The average Bonchev–Trinajstić information content (AvgIpc) is 2.70. The number of hydrogen-bond acceptors (Lipinski definition) is 3. The monoisotopic (exact) mass is 202 g/mol. The molecule has 78 valence electrons. The van der Waals surface area contributed by atoms with E-state index in [0.717, 1.165) is 17.1 Å². The largest absolute Gasteiger partial charge is 0.467 e. The van der Waals surface area contributed by atoms with Crippen molar-refractivity contribution in [3.63, 3.8) is 0 Å². The summed E-state index contributed by atoms with van der Waals surface area (Å²) < 4.78 is 5.32. The number of aryl methyl sites for hydroxylation is 1. The molecule has 1 atom stereocenters. The molecule has 2 heterocycles. The minimum atomic E-state index is 0.168. The van der Waals surface area contributed by atoms with Gasteiger partial charge in [0.1, 0.15) is 5.76 Å². The molecular formula is C12H14N2O. The lowest BCUT2D eigenvalue weighted by atomic mass is 10.2. The van der Waals surface area contributed by atoms with Crippen LogP contribution in [0.2, 0.25) is 0 Å². The third-order valence-corrected chi connectivity index (χ3v) is 2.25. The molecule has 0 saturated carbocycles. The molecule has 0 saturated heterocycles. The van der Waals surface area contributed by atoms with E-state index in [0.29, 0.717) is 0 Å². The second-order valence-corrected chi connectivity index (χ2v) is 3.57. The lowest BCUT2D eigenvalue weighted by molar-refractivity contribution is 0.490. The van der Waals surface area contributed by atoms with E-state index < -0.39 is 0 Å². The fourth-order valence-electron chi connectivity index (χ4n) is 1.49. The Labute approximate surface area is 89.1 Å². The summed E-state index contributed by atoms with van der Waals surface area (Å²) in [5.74, 6) is 0.935. The van der Waals surface area contributed by atoms with Gasteiger partial charge in [0.05, 0.1) is 12.3 Å². The van der Waals surface area contributed by atoms with Crippen LogP contribution < -0.4 is 5.32 Å². The van der Waals surface area contributed by atoms with Crippen LogP contribution in [0.25, 0.3) is 0 Å². The Morgan fingerprint density at radius 2 is 2.27 bits per heavy atom. The van der Waals surface area contributed by atoms with Crippen molar-refractivity contribution < 1.29 is 4.42 Å². The molecule has 2 rings (SSSR count). The predicted molar refractivity (Wildman–Crippen MR) is 59.7 cm³/mol. The molecule has 0 fully saturated rings. The number of rotatable bonds is 3. The van der Waals surface area contributed by atoms with Gasteiger partial charge >= 0.3 is 0 Å². The van der Waals surface area contributed by atoms with Crippen LogP contribution in [0.3, 0.4) is 0 Å². The maximum absolute atomic E-state index is 5.32. The van der Waals surface area contributed by atoms with E-state index in [-0.39, 0.29) is 6.04 Å². The summed E-state index contributed by atoms with van der Waals surface area (Å²) in [5, 5.41) is 3.35. The number of furan rings is 1. The summed E-state index contributed by atoms with van der Waals surface area (Å²) in [6.07, 6.45) is 3.48.